The van der Waals surface area contributed by atoms with Gasteiger partial charge in [0.1, 0.15) is 0 Å². The summed E-state index contributed by atoms with van der Waals surface area (Å²) >= 11 is 0. The second-order valence-corrected chi connectivity index (χ2v) is 4.16. The standard InChI is InChI=1S/C11H22O2/c1-6-9(5)11(7-2,8(3)4)10(12)13/h8-9H,6-7H2,1-5H3,(H,12,13). The van der Waals surface area contributed by atoms with E-state index in [1.165, 1.54) is 0 Å². The maximum absolute atomic E-state index is 11.3. The van der Waals surface area contributed by atoms with E-state index in [-0.39, 0.29) is 11.8 Å². The summed E-state index contributed by atoms with van der Waals surface area (Å²) in [4.78, 5) is 11.3. The lowest BCUT2D eigenvalue weighted by Crippen LogP contribution is -2.41. The minimum atomic E-state index is -0.639. The van der Waals surface area contributed by atoms with Gasteiger partial charge >= 0.3 is 5.97 Å². The molecule has 0 rings (SSSR count). The van der Waals surface area contributed by atoms with Crippen LogP contribution in [0.5, 0.6) is 0 Å². The van der Waals surface area contributed by atoms with Crippen molar-refractivity contribution in [3.05, 3.63) is 0 Å². The van der Waals surface area contributed by atoms with Crippen LogP contribution in [0.3, 0.4) is 0 Å². The summed E-state index contributed by atoms with van der Waals surface area (Å²) in [5, 5.41) is 9.30. The Morgan fingerprint density at radius 1 is 1.31 bits per heavy atom. The monoisotopic (exact) mass is 186 g/mol. The van der Waals surface area contributed by atoms with Gasteiger partial charge < -0.3 is 5.11 Å². The molecule has 0 aliphatic carbocycles. The molecule has 13 heavy (non-hydrogen) atoms. The molecular weight excluding hydrogens is 164 g/mol. The van der Waals surface area contributed by atoms with Crippen molar-refractivity contribution < 1.29 is 9.90 Å². The van der Waals surface area contributed by atoms with Crippen molar-refractivity contribution in [2.24, 2.45) is 17.3 Å². The van der Waals surface area contributed by atoms with Crippen LogP contribution in [0.2, 0.25) is 0 Å². The van der Waals surface area contributed by atoms with Gasteiger partial charge in [-0.2, -0.15) is 0 Å². The number of hydrogen-bond acceptors (Lipinski definition) is 1. The Hall–Kier alpha value is -0.530. The zero-order valence-electron chi connectivity index (χ0n) is 9.42. The van der Waals surface area contributed by atoms with E-state index in [4.69, 9.17) is 0 Å². The van der Waals surface area contributed by atoms with Gasteiger partial charge in [-0.15, -0.1) is 0 Å². The first-order valence-electron chi connectivity index (χ1n) is 5.16. The first-order valence-corrected chi connectivity index (χ1v) is 5.16. The van der Waals surface area contributed by atoms with E-state index in [0.29, 0.717) is 0 Å². The van der Waals surface area contributed by atoms with Crippen molar-refractivity contribution in [1.29, 1.82) is 0 Å². The number of hydrogen-bond donors (Lipinski definition) is 1. The minimum Gasteiger partial charge on any atom is -0.481 e. The summed E-state index contributed by atoms with van der Waals surface area (Å²) in [5.74, 6) is -0.195. The third kappa shape index (κ3) is 2.04. The van der Waals surface area contributed by atoms with E-state index in [0.717, 1.165) is 12.8 Å². The molecular formula is C11H22O2. The SMILES string of the molecule is CCC(C)C(CC)(C(=O)O)C(C)C. The van der Waals surface area contributed by atoms with Gasteiger partial charge in [0.25, 0.3) is 0 Å². The van der Waals surface area contributed by atoms with Gasteiger partial charge in [-0.1, -0.05) is 41.0 Å². The van der Waals surface area contributed by atoms with E-state index in [1.54, 1.807) is 0 Å². The van der Waals surface area contributed by atoms with Crippen molar-refractivity contribution in [2.75, 3.05) is 0 Å². The Labute approximate surface area is 81.3 Å². The third-order valence-corrected chi connectivity index (χ3v) is 3.51. The lowest BCUT2D eigenvalue weighted by atomic mass is 9.65. The maximum Gasteiger partial charge on any atom is 0.310 e. The molecule has 0 fully saturated rings. The van der Waals surface area contributed by atoms with Crippen LogP contribution in [0, 0.1) is 17.3 Å². The topological polar surface area (TPSA) is 37.3 Å². The van der Waals surface area contributed by atoms with Crippen molar-refractivity contribution in [2.45, 2.75) is 47.5 Å². The van der Waals surface area contributed by atoms with Crippen LogP contribution >= 0.6 is 0 Å². The quantitative estimate of drug-likeness (QED) is 0.716. The van der Waals surface area contributed by atoms with Crippen LogP contribution in [-0.2, 0) is 4.79 Å². The predicted molar refractivity (Wildman–Crippen MR) is 54.7 cm³/mol. The first-order chi connectivity index (χ1) is 5.93. The minimum absolute atomic E-state index is 0.199. The van der Waals surface area contributed by atoms with Crippen LogP contribution in [0.15, 0.2) is 0 Å². The van der Waals surface area contributed by atoms with E-state index >= 15 is 0 Å². The summed E-state index contributed by atoms with van der Waals surface area (Å²) in [5.41, 5.74) is -0.533. The molecule has 0 aromatic rings. The molecule has 0 aliphatic rings. The van der Waals surface area contributed by atoms with Crippen molar-refractivity contribution in [1.82, 2.24) is 0 Å². The fourth-order valence-electron chi connectivity index (χ4n) is 2.30. The molecule has 2 unspecified atom stereocenters. The smallest absolute Gasteiger partial charge is 0.310 e. The molecule has 0 radical (unpaired) electrons. The third-order valence-electron chi connectivity index (χ3n) is 3.51. The van der Waals surface area contributed by atoms with Crippen molar-refractivity contribution in [3.63, 3.8) is 0 Å². The Morgan fingerprint density at radius 3 is 1.85 bits per heavy atom. The normalized spacial score (nSPS) is 18.3. The number of carbonyl (C=O) groups is 1. The van der Waals surface area contributed by atoms with Crippen LogP contribution in [0.1, 0.15) is 47.5 Å². The van der Waals surface area contributed by atoms with Gasteiger partial charge in [0.15, 0.2) is 0 Å². The highest BCUT2D eigenvalue weighted by Crippen LogP contribution is 2.41. The number of carboxylic acids is 1. The highest BCUT2D eigenvalue weighted by molar-refractivity contribution is 5.75. The van der Waals surface area contributed by atoms with Crippen LogP contribution < -0.4 is 0 Å². The molecule has 0 amide bonds. The molecule has 0 aromatic heterocycles. The zero-order chi connectivity index (χ0) is 10.6. The largest absolute Gasteiger partial charge is 0.481 e. The maximum atomic E-state index is 11.3. The molecule has 0 spiro atoms. The Morgan fingerprint density at radius 2 is 1.77 bits per heavy atom. The van der Waals surface area contributed by atoms with Gasteiger partial charge in [0, 0.05) is 0 Å². The number of carboxylic acid groups (broad SMARTS) is 1. The average molecular weight is 186 g/mol. The number of rotatable bonds is 5. The zero-order valence-corrected chi connectivity index (χ0v) is 9.42. The predicted octanol–water partition coefficient (Wildman–Crippen LogP) is 3.17. The van der Waals surface area contributed by atoms with E-state index in [2.05, 4.69) is 6.92 Å². The second-order valence-electron chi connectivity index (χ2n) is 4.16. The van der Waals surface area contributed by atoms with Gasteiger partial charge in [-0.25, -0.2) is 0 Å². The molecule has 0 heterocycles. The molecule has 2 atom stereocenters. The summed E-state index contributed by atoms with van der Waals surface area (Å²) in [6.45, 7) is 10.1. The van der Waals surface area contributed by atoms with Crippen molar-refractivity contribution in [3.8, 4) is 0 Å². The van der Waals surface area contributed by atoms with Gasteiger partial charge in [0.2, 0.25) is 0 Å². The molecule has 0 saturated carbocycles. The van der Waals surface area contributed by atoms with Gasteiger partial charge in [-0.05, 0) is 18.3 Å². The van der Waals surface area contributed by atoms with E-state index < -0.39 is 11.4 Å². The fraction of sp³-hybridized carbons (Fsp3) is 0.909. The molecule has 1 N–H and O–H groups in total. The summed E-state index contributed by atoms with van der Waals surface area (Å²) in [6.07, 6.45) is 1.65. The molecule has 2 heteroatoms. The van der Waals surface area contributed by atoms with Gasteiger partial charge in [0.05, 0.1) is 5.41 Å². The second kappa shape index (κ2) is 4.64. The van der Waals surface area contributed by atoms with Crippen LogP contribution in [0.25, 0.3) is 0 Å². The summed E-state index contributed by atoms with van der Waals surface area (Å²) in [7, 11) is 0. The Bertz CT molecular complexity index is 175. The van der Waals surface area contributed by atoms with Gasteiger partial charge in [-0.3, -0.25) is 4.79 Å². The Balaban J connectivity index is 4.98. The molecule has 0 aromatic carbocycles. The molecule has 0 saturated heterocycles. The van der Waals surface area contributed by atoms with E-state index in [9.17, 15) is 9.90 Å². The van der Waals surface area contributed by atoms with E-state index in [1.807, 2.05) is 27.7 Å². The highest BCUT2D eigenvalue weighted by Gasteiger charge is 2.43. The highest BCUT2D eigenvalue weighted by atomic mass is 16.4. The lowest BCUT2D eigenvalue weighted by Gasteiger charge is -2.37. The lowest BCUT2D eigenvalue weighted by molar-refractivity contribution is -0.156. The first kappa shape index (κ1) is 12.5. The fourth-order valence-corrected chi connectivity index (χ4v) is 2.30. The summed E-state index contributed by atoms with van der Waals surface area (Å²) in [6, 6.07) is 0. The van der Waals surface area contributed by atoms with Crippen molar-refractivity contribution >= 4 is 5.97 Å². The summed E-state index contributed by atoms with van der Waals surface area (Å²) < 4.78 is 0. The molecule has 2 nitrogen and oxygen atoms in total. The molecule has 78 valence electrons. The van der Waals surface area contributed by atoms with Crippen LogP contribution in [0.4, 0.5) is 0 Å². The average Bonchev–Trinajstić information content (AvgIpc) is 2.04. The Kier molecular flexibility index (Phi) is 4.45. The van der Waals surface area contributed by atoms with Crippen LogP contribution in [-0.4, -0.2) is 11.1 Å². The molecule has 0 aliphatic heterocycles. The number of aliphatic carboxylic acids is 1. The molecule has 0 bridgehead atoms.